The molecule has 0 aliphatic rings. The molecule has 8 heteroatoms. The first kappa shape index (κ1) is 21.7. The number of carbonyl (C=O) groups excluding carboxylic acids is 1. The van der Waals surface area contributed by atoms with Crippen LogP contribution in [0.25, 0.3) is 0 Å². The van der Waals surface area contributed by atoms with Crippen LogP contribution >= 0.6 is 23.4 Å². The molecule has 1 N–H and O–H groups in total. The standard InChI is InChI=1S/C19H21ClFNO3S2/c1-3-18(13-7-9-14(10-8-13)27(2,24)25)22-19(23)12-26-11-15-16(20)5-4-6-17(15)21/h4-10,18H,3,11-12H2,1-2H3,(H,22,23). The summed E-state index contributed by atoms with van der Waals surface area (Å²) in [5.41, 5.74) is 1.22. The molecule has 1 unspecified atom stereocenters. The van der Waals surface area contributed by atoms with Crippen molar-refractivity contribution in [1.82, 2.24) is 5.32 Å². The lowest BCUT2D eigenvalue weighted by Crippen LogP contribution is -2.29. The van der Waals surface area contributed by atoms with Gasteiger partial charge in [0.2, 0.25) is 5.91 Å². The molecule has 0 fully saturated rings. The molecule has 0 radical (unpaired) electrons. The van der Waals surface area contributed by atoms with Gasteiger partial charge in [-0.05, 0) is 36.2 Å². The monoisotopic (exact) mass is 429 g/mol. The molecule has 0 aliphatic heterocycles. The van der Waals surface area contributed by atoms with Crippen LogP contribution in [0.4, 0.5) is 4.39 Å². The summed E-state index contributed by atoms with van der Waals surface area (Å²) in [5.74, 6) is -0.0826. The second-order valence-corrected chi connectivity index (χ2v) is 9.47. The van der Waals surface area contributed by atoms with Gasteiger partial charge >= 0.3 is 0 Å². The molecule has 1 atom stereocenters. The van der Waals surface area contributed by atoms with E-state index < -0.39 is 9.84 Å². The lowest BCUT2D eigenvalue weighted by atomic mass is 10.0. The molecule has 0 saturated heterocycles. The van der Waals surface area contributed by atoms with Crippen LogP contribution in [0, 0.1) is 5.82 Å². The molecule has 0 aliphatic carbocycles. The van der Waals surface area contributed by atoms with Gasteiger partial charge < -0.3 is 5.32 Å². The zero-order valence-corrected chi connectivity index (χ0v) is 17.4. The van der Waals surface area contributed by atoms with Crippen molar-refractivity contribution < 1.29 is 17.6 Å². The fourth-order valence-electron chi connectivity index (χ4n) is 2.52. The van der Waals surface area contributed by atoms with Gasteiger partial charge in [0, 0.05) is 22.6 Å². The van der Waals surface area contributed by atoms with Gasteiger partial charge in [-0.25, -0.2) is 12.8 Å². The quantitative estimate of drug-likeness (QED) is 0.676. The smallest absolute Gasteiger partial charge is 0.230 e. The minimum atomic E-state index is -3.25. The third-order valence-electron chi connectivity index (χ3n) is 4.00. The molecule has 146 valence electrons. The molecule has 27 heavy (non-hydrogen) atoms. The summed E-state index contributed by atoms with van der Waals surface area (Å²) in [5, 5.41) is 3.27. The van der Waals surface area contributed by atoms with Crippen LogP contribution < -0.4 is 5.32 Å². The number of nitrogens with one attached hydrogen (secondary N) is 1. The number of hydrogen-bond donors (Lipinski definition) is 1. The lowest BCUT2D eigenvalue weighted by molar-refractivity contribution is -0.119. The number of amides is 1. The van der Waals surface area contributed by atoms with Gasteiger partial charge in [0.25, 0.3) is 0 Å². The van der Waals surface area contributed by atoms with Gasteiger partial charge in [0.15, 0.2) is 9.84 Å². The summed E-state index contributed by atoms with van der Waals surface area (Å²) in [6.07, 6.45) is 1.81. The molecular formula is C19H21ClFNO3S2. The van der Waals surface area contributed by atoms with Crippen molar-refractivity contribution in [2.45, 2.75) is 30.0 Å². The van der Waals surface area contributed by atoms with E-state index in [0.29, 0.717) is 22.8 Å². The van der Waals surface area contributed by atoms with Crippen LogP contribution in [0.1, 0.15) is 30.5 Å². The van der Waals surface area contributed by atoms with E-state index in [0.717, 1.165) is 11.8 Å². The summed E-state index contributed by atoms with van der Waals surface area (Å²) >= 11 is 7.26. The fraction of sp³-hybridized carbons (Fsp3) is 0.316. The minimum Gasteiger partial charge on any atom is -0.349 e. The Kier molecular flexibility index (Phi) is 7.70. The van der Waals surface area contributed by atoms with E-state index in [1.165, 1.54) is 30.0 Å². The highest BCUT2D eigenvalue weighted by molar-refractivity contribution is 7.99. The molecule has 2 rings (SSSR count). The van der Waals surface area contributed by atoms with E-state index in [2.05, 4.69) is 5.32 Å². The molecule has 0 heterocycles. The maximum atomic E-state index is 13.7. The number of carbonyl (C=O) groups is 1. The Hall–Kier alpha value is -1.57. The first-order valence-corrected chi connectivity index (χ1v) is 11.7. The maximum Gasteiger partial charge on any atom is 0.230 e. The molecule has 0 saturated carbocycles. The van der Waals surface area contributed by atoms with Gasteiger partial charge in [0.1, 0.15) is 5.82 Å². The second kappa shape index (κ2) is 9.57. The van der Waals surface area contributed by atoms with Crippen molar-refractivity contribution in [3.05, 3.63) is 64.4 Å². The zero-order valence-electron chi connectivity index (χ0n) is 15.0. The Morgan fingerprint density at radius 3 is 2.44 bits per heavy atom. The van der Waals surface area contributed by atoms with Crippen molar-refractivity contribution in [1.29, 1.82) is 0 Å². The van der Waals surface area contributed by atoms with E-state index in [1.807, 2.05) is 6.92 Å². The van der Waals surface area contributed by atoms with Crippen LogP contribution in [0.15, 0.2) is 47.4 Å². The van der Waals surface area contributed by atoms with Gasteiger partial charge in [0.05, 0.1) is 16.7 Å². The molecule has 4 nitrogen and oxygen atoms in total. The highest BCUT2D eigenvalue weighted by atomic mass is 35.5. The Morgan fingerprint density at radius 1 is 1.22 bits per heavy atom. The first-order valence-electron chi connectivity index (χ1n) is 8.32. The SMILES string of the molecule is CCC(NC(=O)CSCc1c(F)cccc1Cl)c1ccc(S(C)(=O)=O)cc1. The van der Waals surface area contributed by atoms with Gasteiger partial charge in [-0.2, -0.15) is 0 Å². The van der Waals surface area contributed by atoms with Crippen LogP contribution in [0.5, 0.6) is 0 Å². The zero-order chi connectivity index (χ0) is 20.0. The van der Waals surface area contributed by atoms with Crippen LogP contribution in [0.3, 0.4) is 0 Å². The highest BCUT2D eigenvalue weighted by Gasteiger charge is 2.15. The van der Waals surface area contributed by atoms with Gasteiger partial charge in [-0.15, -0.1) is 11.8 Å². The van der Waals surface area contributed by atoms with Crippen molar-refractivity contribution >= 4 is 39.1 Å². The van der Waals surface area contributed by atoms with Gasteiger partial charge in [-0.1, -0.05) is 36.7 Å². The molecule has 0 aromatic heterocycles. The lowest BCUT2D eigenvalue weighted by Gasteiger charge is -2.18. The number of hydrogen-bond acceptors (Lipinski definition) is 4. The Labute approximate surface area is 168 Å². The largest absolute Gasteiger partial charge is 0.349 e. The fourth-order valence-corrected chi connectivity index (χ4v) is 4.33. The van der Waals surface area contributed by atoms with Crippen LogP contribution in [-0.2, 0) is 20.4 Å². The normalized spacial score (nSPS) is 12.6. The number of benzene rings is 2. The van der Waals surface area contributed by atoms with Crippen LogP contribution in [0.2, 0.25) is 5.02 Å². The van der Waals surface area contributed by atoms with E-state index in [4.69, 9.17) is 11.6 Å². The number of rotatable bonds is 8. The van der Waals surface area contributed by atoms with Crippen molar-refractivity contribution in [2.75, 3.05) is 12.0 Å². The number of thioether (sulfide) groups is 1. The average molecular weight is 430 g/mol. The summed E-state index contributed by atoms with van der Waals surface area (Å²) in [4.78, 5) is 12.5. The minimum absolute atomic E-state index is 0.169. The van der Waals surface area contributed by atoms with Gasteiger partial charge in [-0.3, -0.25) is 4.79 Å². The summed E-state index contributed by atoms with van der Waals surface area (Å²) < 4.78 is 36.8. The molecule has 0 bridgehead atoms. The summed E-state index contributed by atoms with van der Waals surface area (Å²) in [6, 6.07) is 10.8. The van der Waals surface area contributed by atoms with Crippen molar-refractivity contribution in [2.24, 2.45) is 0 Å². The molecular weight excluding hydrogens is 409 g/mol. The van der Waals surface area contributed by atoms with E-state index in [-0.39, 0.29) is 28.4 Å². The molecule has 0 spiro atoms. The second-order valence-electron chi connectivity index (χ2n) is 6.06. The van der Waals surface area contributed by atoms with E-state index in [9.17, 15) is 17.6 Å². The molecule has 2 aromatic rings. The van der Waals surface area contributed by atoms with E-state index >= 15 is 0 Å². The predicted molar refractivity (Wildman–Crippen MR) is 108 cm³/mol. The molecule has 2 aromatic carbocycles. The third-order valence-corrected chi connectivity index (χ3v) is 6.44. The van der Waals surface area contributed by atoms with Crippen molar-refractivity contribution in [3.63, 3.8) is 0 Å². The van der Waals surface area contributed by atoms with Crippen LogP contribution in [-0.4, -0.2) is 26.3 Å². The molecule has 1 amide bonds. The Morgan fingerprint density at radius 2 is 1.89 bits per heavy atom. The predicted octanol–water partition coefficient (Wildman–Crippen LogP) is 4.38. The number of sulfone groups is 1. The third kappa shape index (κ3) is 6.23. The first-order chi connectivity index (χ1) is 12.7. The maximum absolute atomic E-state index is 13.7. The highest BCUT2D eigenvalue weighted by Crippen LogP contribution is 2.24. The summed E-state index contributed by atoms with van der Waals surface area (Å²) in [7, 11) is -3.25. The topological polar surface area (TPSA) is 63.2 Å². The Bertz CT molecular complexity index is 881. The summed E-state index contributed by atoms with van der Waals surface area (Å²) in [6.45, 7) is 1.93. The number of halogens is 2. The van der Waals surface area contributed by atoms with Crippen molar-refractivity contribution in [3.8, 4) is 0 Å². The average Bonchev–Trinajstić information content (AvgIpc) is 2.61. The Balaban J connectivity index is 1.93. The van der Waals surface area contributed by atoms with E-state index in [1.54, 1.807) is 24.3 Å².